The number of hydrogen-bond donors (Lipinski definition) is 2. The van der Waals surface area contributed by atoms with Crippen molar-refractivity contribution in [2.75, 3.05) is 10.2 Å². The second kappa shape index (κ2) is 8.27. The minimum Gasteiger partial charge on any atom is -0.467 e. The van der Waals surface area contributed by atoms with Gasteiger partial charge >= 0.3 is 0 Å². The highest BCUT2D eigenvalue weighted by atomic mass is 79.9. The average Bonchev–Trinajstić information content (AvgIpc) is 2.77. The topological polar surface area (TPSA) is 53.6 Å². The molecule has 2 bridgehead atoms. The number of carbonyl (C=O) groups is 1. The molecule has 3 atom stereocenters. The molecule has 3 aromatic rings. The van der Waals surface area contributed by atoms with E-state index in [0.717, 1.165) is 10.0 Å². The first-order valence-electron chi connectivity index (χ1n) is 10.2. The van der Waals surface area contributed by atoms with E-state index in [4.69, 9.17) is 28.6 Å². The lowest BCUT2D eigenvalue weighted by atomic mass is 9.78. The number of nitrogens with zero attached hydrogens (tertiary/aromatic N) is 1. The maximum absolute atomic E-state index is 13.7. The third-order valence-electron chi connectivity index (χ3n) is 5.94. The molecule has 0 aromatic heterocycles. The molecule has 168 valence electrons. The van der Waals surface area contributed by atoms with Gasteiger partial charge in [0.05, 0.1) is 6.04 Å². The summed E-state index contributed by atoms with van der Waals surface area (Å²) in [6.07, 6.45) is 0. The fourth-order valence-corrected chi connectivity index (χ4v) is 5.41. The van der Waals surface area contributed by atoms with Gasteiger partial charge in [-0.1, -0.05) is 27.5 Å². The van der Waals surface area contributed by atoms with Crippen molar-refractivity contribution >= 4 is 62.1 Å². The molecular formula is C24H18BrClFN3O2S. The van der Waals surface area contributed by atoms with Gasteiger partial charge in [-0.25, -0.2) is 4.39 Å². The van der Waals surface area contributed by atoms with Crippen molar-refractivity contribution in [3.63, 3.8) is 0 Å². The minimum atomic E-state index is -1.18. The molecule has 0 radical (unpaired) electrons. The molecule has 2 N–H and O–H groups in total. The number of nitrogens with one attached hydrogen (secondary N) is 2. The Labute approximate surface area is 209 Å². The molecule has 0 aliphatic carbocycles. The summed E-state index contributed by atoms with van der Waals surface area (Å²) < 4.78 is 21.0. The zero-order chi connectivity index (χ0) is 23.3. The van der Waals surface area contributed by atoms with Gasteiger partial charge in [-0.15, -0.1) is 0 Å². The van der Waals surface area contributed by atoms with Crippen LogP contribution in [0.15, 0.2) is 71.2 Å². The normalized spacial score (nSPS) is 23.3. The molecule has 2 aliphatic heterocycles. The van der Waals surface area contributed by atoms with Gasteiger partial charge in [0, 0.05) is 26.4 Å². The van der Waals surface area contributed by atoms with Crippen molar-refractivity contribution in [3.8, 4) is 5.75 Å². The lowest BCUT2D eigenvalue weighted by Crippen LogP contribution is -2.72. The maximum Gasteiger partial charge on any atom is 0.236 e. The average molecular weight is 547 g/mol. The third kappa shape index (κ3) is 3.86. The molecule has 3 aromatic carbocycles. The molecule has 2 aliphatic rings. The van der Waals surface area contributed by atoms with Gasteiger partial charge < -0.3 is 15.4 Å². The smallest absolute Gasteiger partial charge is 0.236 e. The number of ether oxygens (including phenoxy) is 1. The minimum absolute atomic E-state index is 0.252. The Hall–Kier alpha value is -2.68. The highest BCUT2D eigenvalue weighted by Crippen LogP contribution is 2.50. The van der Waals surface area contributed by atoms with Crippen LogP contribution in [0.2, 0.25) is 5.02 Å². The van der Waals surface area contributed by atoms with Crippen LogP contribution in [0.1, 0.15) is 18.5 Å². The first kappa shape index (κ1) is 22.1. The lowest BCUT2D eigenvalue weighted by Gasteiger charge is -2.56. The van der Waals surface area contributed by atoms with E-state index in [-0.39, 0.29) is 11.7 Å². The van der Waals surface area contributed by atoms with E-state index in [2.05, 4.69) is 26.6 Å². The van der Waals surface area contributed by atoms with Crippen molar-refractivity contribution in [1.29, 1.82) is 0 Å². The number of rotatable bonds is 3. The van der Waals surface area contributed by atoms with Crippen molar-refractivity contribution in [2.45, 2.75) is 18.7 Å². The van der Waals surface area contributed by atoms with E-state index in [9.17, 15) is 9.18 Å². The molecule has 5 rings (SSSR count). The standard InChI is InChI=1S/C24H18BrClFN3O2S/c1-24-20(22(31)28-16-7-3-14(26)4-8-16)21(18-12-13(25)2-11-19(18)32-24)29-23(33)30(24)17-9-5-15(27)6-10-17/h2-12,20-21H,1H3,(H,28,31)(H,29,33)/t20-,21+,24-/m1/s1. The summed E-state index contributed by atoms with van der Waals surface area (Å²) in [6.45, 7) is 1.83. The predicted octanol–water partition coefficient (Wildman–Crippen LogP) is 6.04. The van der Waals surface area contributed by atoms with Gasteiger partial charge in [0.25, 0.3) is 0 Å². The Kier molecular flexibility index (Phi) is 5.55. The molecule has 1 fully saturated rings. The van der Waals surface area contributed by atoms with E-state index in [1.807, 2.05) is 25.1 Å². The summed E-state index contributed by atoms with van der Waals surface area (Å²) in [4.78, 5) is 15.4. The second-order valence-corrected chi connectivity index (χ2v) is 9.79. The van der Waals surface area contributed by atoms with E-state index >= 15 is 0 Å². The summed E-state index contributed by atoms with van der Waals surface area (Å²) in [7, 11) is 0. The van der Waals surface area contributed by atoms with E-state index in [0.29, 0.717) is 27.3 Å². The number of fused-ring (bicyclic) bond motifs is 4. The number of thiocarbonyl (C=S) groups is 1. The highest BCUT2D eigenvalue weighted by Gasteiger charge is 2.59. The van der Waals surface area contributed by atoms with Crippen molar-refractivity contribution < 1.29 is 13.9 Å². The molecule has 5 nitrogen and oxygen atoms in total. The molecule has 9 heteroatoms. The summed E-state index contributed by atoms with van der Waals surface area (Å²) in [5, 5.41) is 7.26. The fraction of sp³-hybridized carbons (Fsp3) is 0.167. The fourth-order valence-electron chi connectivity index (χ4n) is 4.49. The van der Waals surface area contributed by atoms with Crippen LogP contribution in [0, 0.1) is 11.7 Å². The van der Waals surface area contributed by atoms with Crippen LogP contribution in [0.3, 0.4) is 0 Å². The first-order chi connectivity index (χ1) is 15.8. The predicted molar refractivity (Wildman–Crippen MR) is 134 cm³/mol. The van der Waals surface area contributed by atoms with E-state index < -0.39 is 17.7 Å². The van der Waals surface area contributed by atoms with Gasteiger partial charge in [0.2, 0.25) is 5.91 Å². The van der Waals surface area contributed by atoms with Crippen molar-refractivity contribution in [2.24, 2.45) is 5.92 Å². The van der Waals surface area contributed by atoms with Gasteiger partial charge in [-0.05, 0) is 85.9 Å². The summed E-state index contributed by atoms with van der Waals surface area (Å²) in [6, 6.07) is 18.1. The highest BCUT2D eigenvalue weighted by molar-refractivity contribution is 9.10. The SMILES string of the molecule is C[C@]12Oc3ccc(Br)cc3[C@H](NC(=S)N1c1ccc(F)cc1)[C@@H]2C(=O)Nc1ccc(Cl)cc1. The van der Waals surface area contributed by atoms with Gasteiger partial charge in [0.1, 0.15) is 17.5 Å². The van der Waals surface area contributed by atoms with Crippen LogP contribution in [-0.4, -0.2) is 16.7 Å². The largest absolute Gasteiger partial charge is 0.467 e. The molecule has 0 saturated carbocycles. The zero-order valence-corrected chi connectivity index (χ0v) is 20.5. The Bertz CT molecular complexity index is 1260. The van der Waals surface area contributed by atoms with Crippen molar-refractivity contribution in [1.82, 2.24) is 5.32 Å². The second-order valence-electron chi connectivity index (χ2n) is 8.05. The Morgan fingerprint density at radius 3 is 2.58 bits per heavy atom. The summed E-state index contributed by atoms with van der Waals surface area (Å²) >= 11 is 15.2. The molecule has 0 unspecified atom stereocenters. The van der Waals surface area contributed by atoms with E-state index in [1.54, 1.807) is 41.3 Å². The van der Waals surface area contributed by atoms with Crippen LogP contribution in [0.4, 0.5) is 15.8 Å². The number of halogens is 3. The molecular weight excluding hydrogens is 529 g/mol. The number of hydrogen-bond acceptors (Lipinski definition) is 3. The number of amides is 1. The van der Waals surface area contributed by atoms with Crippen LogP contribution < -0.4 is 20.3 Å². The third-order valence-corrected chi connectivity index (χ3v) is 6.98. The van der Waals surface area contributed by atoms with Gasteiger partial charge in [-0.3, -0.25) is 9.69 Å². The Balaban J connectivity index is 1.62. The van der Waals surface area contributed by atoms with Crippen LogP contribution in [0.5, 0.6) is 5.75 Å². The first-order valence-corrected chi connectivity index (χ1v) is 11.8. The summed E-state index contributed by atoms with van der Waals surface area (Å²) in [5.74, 6) is -0.679. The molecule has 1 saturated heterocycles. The van der Waals surface area contributed by atoms with E-state index in [1.165, 1.54) is 12.1 Å². The monoisotopic (exact) mass is 545 g/mol. The number of carbonyl (C=O) groups excluding carboxylic acids is 1. The molecule has 2 heterocycles. The van der Waals surface area contributed by atoms with Crippen LogP contribution >= 0.6 is 39.7 Å². The summed E-state index contributed by atoms with van der Waals surface area (Å²) in [5.41, 5.74) is 0.864. The van der Waals surface area contributed by atoms with Crippen LogP contribution in [0.25, 0.3) is 0 Å². The molecule has 33 heavy (non-hydrogen) atoms. The quantitative estimate of drug-likeness (QED) is 0.392. The van der Waals surface area contributed by atoms with Gasteiger partial charge in [-0.2, -0.15) is 0 Å². The van der Waals surface area contributed by atoms with Crippen LogP contribution in [-0.2, 0) is 4.79 Å². The molecule has 0 spiro atoms. The molecule has 1 amide bonds. The van der Waals surface area contributed by atoms with Gasteiger partial charge in [0.15, 0.2) is 10.8 Å². The Morgan fingerprint density at radius 1 is 1.18 bits per heavy atom. The maximum atomic E-state index is 13.7. The Morgan fingerprint density at radius 2 is 1.88 bits per heavy atom. The number of anilines is 2. The number of benzene rings is 3. The zero-order valence-electron chi connectivity index (χ0n) is 17.3. The lowest BCUT2D eigenvalue weighted by molar-refractivity contribution is -0.130. The van der Waals surface area contributed by atoms with Crippen molar-refractivity contribution in [3.05, 3.63) is 87.6 Å².